The number of fused-ring (bicyclic) bond motifs is 3. The summed E-state index contributed by atoms with van der Waals surface area (Å²) in [6.45, 7) is 5.26. The Morgan fingerprint density at radius 2 is 1.85 bits per heavy atom. The summed E-state index contributed by atoms with van der Waals surface area (Å²) in [5, 5.41) is 10.5. The third-order valence-corrected chi connectivity index (χ3v) is 7.11. The first-order valence-corrected chi connectivity index (χ1v) is 9.74. The molecule has 4 fully saturated rings. The Morgan fingerprint density at radius 3 is 2.40 bits per heavy atom. The van der Waals surface area contributed by atoms with Crippen LogP contribution in [0.5, 0.6) is 0 Å². The topological polar surface area (TPSA) is 60.9 Å². The molecule has 0 radical (unpaired) electrons. The van der Waals surface area contributed by atoms with Gasteiger partial charge in [0.15, 0.2) is 0 Å². The van der Waals surface area contributed by atoms with Crippen molar-refractivity contribution in [2.75, 3.05) is 39.0 Å². The molecule has 20 heavy (non-hydrogen) atoms. The van der Waals surface area contributed by atoms with Crippen molar-refractivity contribution in [3.05, 3.63) is 0 Å². The van der Waals surface area contributed by atoms with E-state index in [2.05, 4.69) is 9.80 Å². The Morgan fingerprint density at radius 1 is 1.15 bits per heavy atom. The fourth-order valence-electron chi connectivity index (χ4n) is 4.18. The summed E-state index contributed by atoms with van der Waals surface area (Å²) in [5.41, 5.74) is 0. The van der Waals surface area contributed by atoms with Crippen molar-refractivity contribution in [1.29, 1.82) is 0 Å². The summed E-state index contributed by atoms with van der Waals surface area (Å²) in [4.78, 5) is 4.82. The van der Waals surface area contributed by atoms with Gasteiger partial charge in [0, 0.05) is 45.0 Å². The van der Waals surface area contributed by atoms with Gasteiger partial charge in [-0.05, 0) is 25.2 Å². The number of hydrogen-bond acceptors (Lipinski definition) is 5. The number of sulfone groups is 1. The van der Waals surface area contributed by atoms with Crippen molar-refractivity contribution >= 4 is 9.84 Å². The van der Waals surface area contributed by atoms with Gasteiger partial charge in [-0.2, -0.15) is 0 Å². The van der Waals surface area contributed by atoms with Gasteiger partial charge in [0.2, 0.25) is 0 Å². The van der Waals surface area contributed by atoms with Crippen molar-refractivity contribution in [3.8, 4) is 0 Å². The number of nitrogens with zero attached hydrogens (tertiary/aromatic N) is 2. The molecule has 116 valence electrons. The molecule has 0 aromatic rings. The van der Waals surface area contributed by atoms with Crippen LogP contribution in [0.1, 0.15) is 25.7 Å². The number of rotatable bonds is 3. The summed E-state index contributed by atoms with van der Waals surface area (Å²) in [6.07, 6.45) is 4.27. The molecule has 0 amide bonds. The molecule has 0 aromatic carbocycles. The molecule has 4 atom stereocenters. The second-order valence-electron chi connectivity index (χ2n) is 6.77. The van der Waals surface area contributed by atoms with E-state index in [0.717, 1.165) is 52.0 Å². The third-order valence-electron chi connectivity index (χ3n) is 5.47. The maximum Gasteiger partial charge on any atom is 0.150 e. The van der Waals surface area contributed by atoms with Gasteiger partial charge in [0.05, 0.1) is 11.4 Å². The largest absolute Gasteiger partial charge is 0.391 e. The molecule has 0 aromatic heterocycles. The smallest absolute Gasteiger partial charge is 0.150 e. The van der Waals surface area contributed by atoms with Crippen molar-refractivity contribution in [1.82, 2.24) is 9.80 Å². The molecule has 3 saturated heterocycles. The van der Waals surface area contributed by atoms with Gasteiger partial charge in [-0.3, -0.25) is 9.80 Å². The van der Waals surface area contributed by atoms with Gasteiger partial charge in [-0.25, -0.2) is 8.42 Å². The molecule has 3 heterocycles. The molecule has 0 spiro atoms. The van der Waals surface area contributed by atoms with Crippen LogP contribution in [0.3, 0.4) is 0 Å². The zero-order valence-corrected chi connectivity index (χ0v) is 13.1. The van der Waals surface area contributed by atoms with E-state index in [1.807, 2.05) is 0 Å². The lowest BCUT2D eigenvalue weighted by molar-refractivity contribution is -0.0696. The predicted molar refractivity (Wildman–Crippen MR) is 78.4 cm³/mol. The van der Waals surface area contributed by atoms with E-state index >= 15 is 0 Å². The molecule has 1 saturated carbocycles. The first-order chi connectivity index (χ1) is 9.45. The van der Waals surface area contributed by atoms with E-state index in [0.29, 0.717) is 6.42 Å². The van der Waals surface area contributed by atoms with E-state index in [1.165, 1.54) is 6.26 Å². The quantitative estimate of drug-likeness (QED) is 0.792. The highest BCUT2D eigenvalue weighted by Gasteiger charge is 2.41. The molecule has 2 bridgehead atoms. The van der Waals surface area contributed by atoms with Crippen LogP contribution in [0.4, 0.5) is 0 Å². The summed E-state index contributed by atoms with van der Waals surface area (Å²) in [5.74, 6) is 0.147. The Kier molecular flexibility index (Phi) is 4.10. The third kappa shape index (κ3) is 2.89. The molecule has 4 rings (SSSR count). The van der Waals surface area contributed by atoms with Crippen molar-refractivity contribution in [2.24, 2.45) is 5.92 Å². The minimum atomic E-state index is -2.97. The minimum absolute atomic E-state index is 0.147. The van der Waals surface area contributed by atoms with Gasteiger partial charge in [0.25, 0.3) is 0 Å². The van der Waals surface area contributed by atoms with E-state index in [-0.39, 0.29) is 23.3 Å². The minimum Gasteiger partial charge on any atom is -0.391 e. The SMILES string of the molecule is CS(=O)(=O)C1CCCC(C(O)C2CN3CCN2CC3)C1. The molecule has 1 aliphatic carbocycles. The summed E-state index contributed by atoms with van der Waals surface area (Å²) in [7, 11) is -2.97. The van der Waals surface area contributed by atoms with Gasteiger partial charge in [-0.15, -0.1) is 0 Å². The highest BCUT2D eigenvalue weighted by atomic mass is 32.2. The van der Waals surface area contributed by atoms with E-state index in [1.54, 1.807) is 0 Å². The number of hydrogen-bond donors (Lipinski definition) is 1. The van der Waals surface area contributed by atoms with Gasteiger partial charge in [0.1, 0.15) is 9.84 Å². The summed E-state index contributed by atoms with van der Waals surface area (Å²) in [6, 6.07) is 0.209. The normalized spacial score (nSPS) is 43.4. The van der Waals surface area contributed by atoms with Crippen LogP contribution in [-0.2, 0) is 9.84 Å². The predicted octanol–water partition coefficient (Wildman–Crippen LogP) is -0.0495. The first-order valence-electron chi connectivity index (χ1n) is 7.78. The van der Waals surface area contributed by atoms with Crippen LogP contribution in [0, 0.1) is 5.92 Å². The van der Waals surface area contributed by atoms with Gasteiger partial charge >= 0.3 is 0 Å². The molecule has 4 aliphatic rings. The second-order valence-corrected chi connectivity index (χ2v) is 9.10. The average Bonchev–Trinajstić information content (AvgIpc) is 2.47. The molecule has 5 nitrogen and oxygen atoms in total. The fourth-order valence-corrected chi connectivity index (χ4v) is 5.37. The fraction of sp³-hybridized carbons (Fsp3) is 1.00. The monoisotopic (exact) mass is 302 g/mol. The van der Waals surface area contributed by atoms with Crippen LogP contribution >= 0.6 is 0 Å². The second kappa shape index (κ2) is 5.55. The number of aliphatic hydroxyl groups is 1. The molecular weight excluding hydrogens is 276 g/mol. The highest BCUT2D eigenvalue weighted by Crippen LogP contribution is 2.34. The standard InChI is InChI=1S/C14H26N2O3S/c1-20(18,19)12-4-2-3-11(9-12)14(17)13-10-15-5-7-16(13)8-6-15/h11-14,17H,2-10H2,1H3. The number of aliphatic hydroxyl groups excluding tert-OH is 1. The highest BCUT2D eigenvalue weighted by molar-refractivity contribution is 7.91. The zero-order valence-electron chi connectivity index (χ0n) is 12.2. The van der Waals surface area contributed by atoms with E-state index < -0.39 is 9.84 Å². The lowest BCUT2D eigenvalue weighted by atomic mass is 9.81. The molecule has 1 N–H and O–H groups in total. The molecular formula is C14H26N2O3S. The van der Waals surface area contributed by atoms with Crippen LogP contribution in [0.25, 0.3) is 0 Å². The van der Waals surface area contributed by atoms with Crippen LogP contribution in [0.2, 0.25) is 0 Å². The molecule has 6 heteroatoms. The maximum atomic E-state index is 11.8. The summed E-state index contributed by atoms with van der Waals surface area (Å²) < 4.78 is 23.5. The lowest BCUT2D eigenvalue weighted by Crippen LogP contribution is -2.65. The lowest BCUT2D eigenvalue weighted by Gasteiger charge is -2.50. The van der Waals surface area contributed by atoms with Gasteiger partial charge < -0.3 is 5.11 Å². The van der Waals surface area contributed by atoms with Crippen LogP contribution < -0.4 is 0 Å². The maximum absolute atomic E-state index is 11.8. The summed E-state index contributed by atoms with van der Waals surface area (Å²) >= 11 is 0. The Balaban J connectivity index is 1.66. The Labute approximate surface area is 121 Å². The van der Waals surface area contributed by atoms with Crippen LogP contribution in [0.15, 0.2) is 0 Å². The van der Waals surface area contributed by atoms with Crippen molar-refractivity contribution in [3.63, 3.8) is 0 Å². The first kappa shape index (κ1) is 14.8. The van der Waals surface area contributed by atoms with E-state index in [9.17, 15) is 13.5 Å². The van der Waals surface area contributed by atoms with Crippen LogP contribution in [-0.4, -0.2) is 79.7 Å². The molecule has 3 aliphatic heterocycles. The zero-order chi connectivity index (χ0) is 14.3. The number of piperazine rings is 3. The van der Waals surface area contributed by atoms with E-state index in [4.69, 9.17) is 0 Å². The molecule has 4 unspecified atom stereocenters. The Hall–Kier alpha value is -0.170. The van der Waals surface area contributed by atoms with Crippen molar-refractivity contribution < 1.29 is 13.5 Å². The van der Waals surface area contributed by atoms with Gasteiger partial charge in [-0.1, -0.05) is 6.42 Å². The average molecular weight is 302 g/mol. The Bertz CT molecular complexity index is 445. The van der Waals surface area contributed by atoms with Crippen molar-refractivity contribution in [2.45, 2.75) is 43.1 Å².